The van der Waals surface area contributed by atoms with Crippen LogP contribution in [0.4, 0.5) is 5.69 Å². The lowest BCUT2D eigenvalue weighted by Crippen LogP contribution is -2.28. The summed E-state index contributed by atoms with van der Waals surface area (Å²) in [6.07, 6.45) is 0. The number of hydrogen-bond donors (Lipinski definition) is 1. The molecule has 0 saturated heterocycles. The van der Waals surface area contributed by atoms with Crippen LogP contribution in [0.25, 0.3) is 0 Å². The predicted molar refractivity (Wildman–Crippen MR) is 52.1 cm³/mol. The summed E-state index contributed by atoms with van der Waals surface area (Å²) in [6.45, 7) is 2.78. The van der Waals surface area contributed by atoms with Gasteiger partial charge in [0.2, 0.25) is 0 Å². The third-order valence-electron chi connectivity index (χ3n) is 1.83. The van der Waals surface area contributed by atoms with Crippen molar-refractivity contribution in [3.8, 4) is 5.75 Å². The van der Waals surface area contributed by atoms with Crippen molar-refractivity contribution in [3.63, 3.8) is 0 Å². The van der Waals surface area contributed by atoms with Crippen LogP contribution in [0.5, 0.6) is 5.75 Å². The first-order valence-electron chi connectivity index (χ1n) is 3.94. The Morgan fingerprint density at radius 1 is 1.67 bits per heavy atom. The Morgan fingerprint density at radius 3 is 3.33 bits per heavy atom. The Bertz CT molecular complexity index is 306. The van der Waals surface area contributed by atoms with Crippen molar-refractivity contribution in [3.05, 3.63) is 23.2 Å². The molecular weight excluding hydrogens is 174 g/mol. The molecule has 2 nitrogen and oxygen atoms in total. The highest BCUT2D eigenvalue weighted by Gasteiger charge is 2.14. The van der Waals surface area contributed by atoms with E-state index in [1.807, 2.05) is 18.2 Å². The van der Waals surface area contributed by atoms with Gasteiger partial charge in [-0.1, -0.05) is 11.6 Å². The zero-order chi connectivity index (χ0) is 8.55. The minimum Gasteiger partial charge on any atom is -0.489 e. The lowest BCUT2D eigenvalue weighted by Gasteiger charge is -2.24. The van der Waals surface area contributed by atoms with Crippen molar-refractivity contribution in [1.29, 1.82) is 0 Å². The van der Waals surface area contributed by atoms with Crippen molar-refractivity contribution in [2.45, 2.75) is 13.0 Å². The molecule has 1 unspecified atom stereocenters. The summed E-state index contributed by atoms with van der Waals surface area (Å²) in [5, 5.41) is 4.02. The fourth-order valence-electron chi connectivity index (χ4n) is 1.26. The maximum absolute atomic E-state index is 5.81. The third-order valence-corrected chi connectivity index (χ3v) is 2.07. The van der Waals surface area contributed by atoms with Crippen LogP contribution in [0.15, 0.2) is 18.2 Å². The molecule has 0 bridgehead atoms. The summed E-state index contributed by atoms with van der Waals surface area (Å²) < 4.78 is 5.47. The molecule has 3 heteroatoms. The number of ether oxygens (including phenoxy) is 1. The summed E-state index contributed by atoms with van der Waals surface area (Å²) in [5.74, 6) is 0.848. The molecule has 0 fully saturated rings. The summed E-state index contributed by atoms with van der Waals surface area (Å²) >= 11 is 5.81. The Kier molecular flexibility index (Phi) is 1.85. The van der Waals surface area contributed by atoms with Gasteiger partial charge in [0.1, 0.15) is 12.4 Å². The zero-order valence-corrected chi connectivity index (χ0v) is 7.56. The number of benzene rings is 1. The molecule has 0 amide bonds. The van der Waals surface area contributed by atoms with Gasteiger partial charge in [-0.15, -0.1) is 0 Å². The average Bonchev–Trinajstić information content (AvgIpc) is 2.05. The number of hydrogen-bond acceptors (Lipinski definition) is 2. The molecule has 1 aromatic carbocycles. The second kappa shape index (κ2) is 2.87. The van der Waals surface area contributed by atoms with E-state index in [2.05, 4.69) is 12.2 Å². The van der Waals surface area contributed by atoms with Gasteiger partial charge < -0.3 is 10.1 Å². The molecule has 0 spiro atoms. The number of nitrogens with one attached hydrogen (secondary N) is 1. The second-order valence-corrected chi connectivity index (χ2v) is 3.43. The first-order chi connectivity index (χ1) is 5.75. The van der Waals surface area contributed by atoms with E-state index in [1.165, 1.54) is 0 Å². The summed E-state index contributed by atoms with van der Waals surface area (Å²) in [6, 6.07) is 6.00. The van der Waals surface area contributed by atoms with Crippen LogP contribution in [0.1, 0.15) is 8.35 Å². The van der Waals surface area contributed by atoms with Crippen molar-refractivity contribution >= 4 is 17.3 Å². The van der Waals surface area contributed by atoms with E-state index in [-0.39, 0.29) is 1.43 Å². The quantitative estimate of drug-likeness (QED) is 0.671. The minimum atomic E-state index is 0. The number of fused-ring (bicyclic) bond motifs is 1. The number of rotatable bonds is 0. The highest BCUT2D eigenvalue weighted by atomic mass is 35.5. The molecule has 1 aromatic rings. The summed E-state index contributed by atoms with van der Waals surface area (Å²) in [7, 11) is 0. The van der Waals surface area contributed by atoms with Gasteiger partial charge in [-0.25, -0.2) is 0 Å². The number of anilines is 1. The molecule has 12 heavy (non-hydrogen) atoms. The molecule has 0 saturated carbocycles. The van der Waals surface area contributed by atoms with Crippen LogP contribution < -0.4 is 10.1 Å². The summed E-state index contributed by atoms with van der Waals surface area (Å²) in [4.78, 5) is 0. The normalized spacial score (nSPS) is 20.7. The maximum atomic E-state index is 5.81. The van der Waals surface area contributed by atoms with E-state index in [0.717, 1.165) is 11.4 Å². The predicted octanol–water partition coefficient (Wildman–Crippen LogP) is 2.78. The number of halogens is 1. The van der Waals surface area contributed by atoms with Gasteiger partial charge in [0.15, 0.2) is 0 Å². The molecule has 1 aliphatic heterocycles. The van der Waals surface area contributed by atoms with E-state index in [4.69, 9.17) is 16.3 Å². The topological polar surface area (TPSA) is 21.3 Å². The van der Waals surface area contributed by atoms with Crippen molar-refractivity contribution in [2.24, 2.45) is 0 Å². The Balaban J connectivity index is 0.000000845. The smallest absolute Gasteiger partial charge is 0.143 e. The first-order valence-corrected chi connectivity index (χ1v) is 4.32. The van der Waals surface area contributed by atoms with Gasteiger partial charge in [0, 0.05) is 12.5 Å². The van der Waals surface area contributed by atoms with Gasteiger partial charge in [0.25, 0.3) is 0 Å². The van der Waals surface area contributed by atoms with Gasteiger partial charge in [-0.05, 0) is 19.1 Å². The van der Waals surface area contributed by atoms with Crippen LogP contribution in [-0.2, 0) is 0 Å². The second-order valence-electron chi connectivity index (χ2n) is 3.00. The zero-order valence-electron chi connectivity index (χ0n) is 6.80. The van der Waals surface area contributed by atoms with Crippen molar-refractivity contribution < 1.29 is 6.16 Å². The van der Waals surface area contributed by atoms with Crippen LogP contribution in [0, 0.1) is 0 Å². The Hall–Kier alpha value is -0.890. The monoisotopic (exact) mass is 185 g/mol. The van der Waals surface area contributed by atoms with E-state index in [0.29, 0.717) is 17.7 Å². The van der Waals surface area contributed by atoms with Crippen LogP contribution in [-0.4, -0.2) is 12.6 Å². The molecule has 0 radical (unpaired) electrons. The van der Waals surface area contributed by atoms with Gasteiger partial charge in [-0.2, -0.15) is 0 Å². The Morgan fingerprint density at radius 2 is 2.50 bits per heavy atom. The average molecular weight is 186 g/mol. The lowest BCUT2D eigenvalue weighted by atomic mass is 10.2. The van der Waals surface area contributed by atoms with Crippen molar-refractivity contribution in [2.75, 3.05) is 11.9 Å². The van der Waals surface area contributed by atoms with E-state index >= 15 is 0 Å². The Labute approximate surface area is 78.0 Å². The largest absolute Gasteiger partial charge is 0.489 e. The molecule has 1 N–H and O–H groups in total. The van der Waals surface area contributed by atoms with Crippen LogP contribution in [0.2, 0.25) is 5.02 Å². The van der Waals surface area contributed by atoms with Crippen LogP contribution >= 0.6 is 11.6 Å². The SMILES string of the molecule is CC1COc2cc(Cl)ccc2N1.[HH]. The minimum absolute atomic E-state index is 0. The molecule has 1 atom stereocenters. The van der Waals surface area contributed by atoms with Gasteiger partial charge in [-0.3, -0.25) is 0 Å². The molecule has 0 aliphatic carbocycles. The molecule has 2 rings (SSSR count). The fraction of sp³-hybridized carbons (Fsp3) is 0.333. The molecule has 0 aromatic heterocycles. The lowest BCUT2D eigenvalue weighted by molar-refractivity contribution is 0.292. The van der Waals surface area contributed by atoms with Crippen molar-refractivity contribution in [1.82, 2.24) is 0 Å². The standard InChI is InChI=1S/C9H10ClNO.H2/c1-6-5-12-9-4-7(10)2-3-8(9)11-6;/h2-4,6,11H,5H2,1H3;1H. The van der Waals surface area contributed by atoms with E-state index in [1.54, 1.807) is 0 Å². The summed E-state index contributed by atoms with van der Waals surface area (Å²) in [5.41, 5.74) is 1.03. The molecule has 1 heterocycles. The van der Waals surface area contributed by atoms with Crippen LogP contribution in [0.3, 0.4) is 0 Å². The fourth-order valence-corrected chi connectivity index (χ4v) is 1.42. The highest BCUT2D eigenvalue weighted by Crippen LogP contribution is 2.31. The molecule has 66 valence electrons. The van der Waals surface area contributed by atoms with E-state index in [9.17, 15) is 0 Å². The van der Waals surface area contributed by atoms with E-state index < -0.39 is 0 Å². The molecular formula is C9H12ClNO. The molecule has 1 aliphatic rings. The van der Waals surface area contributed by atoms with Gasteiger partial charge in [0.05, 0.1) is 11.7 Å². The highest BCUT2D eigenvalue weighted by molar-refractivity contribution is 6.30. The van der Waals surface area contributed by atoms with Gasteiger partial charge >= 0.3 is 0 Å². The third kappa shape index (κ3) is 1.34. The maximum Gasteiger partial charge on any atom is 0.143 e. The first kappa shape index (κ1) is 7.74.